The second-order valence-corrected chi connectivity index (χ2v) is 7.16. The maximum absolute atomic E-state index is 12.0. The fourth-order valence-corrected chi connectivity index (χ4v) is 3.63. The Morgan fingerprint density at radius 1 is 1.35 bits per heavy atom. The fraction of sp³-hybridized carbons (Fsp3) is 0.500. The minimum Gasteiger partial charge on any atom is -0.496 e. The Morgan fingerprint density at radius 2 is 2.00 bits per heavy atom. The van der Waals surface area contributed by atoms with Gasteiger partial charge in [0.15, 0.2) is 9.84 Å². The van der Waals surface area contributed by atoms with Crippen LogP contribution in [0, 0.1) is 6.92 Å². The van der Waals surface area contributed by atoms with Crippen LogP contribution in [0.1, 0.15) is 30.4 Å². The van der Waals surface area contributed by atoms with Gasteiger partial charge in [0.05, 0.1) is 17.5 Å². The van der Waals surface area contributed by atoms with Gasteiger partial charge in [0.2, 0.25) is 6.08 Å². The summed E-state index contributed by atoms with van der Waals surface area (Å²) < 4.78 is 29.3. The van der Waals surface area contributed by atoms with E-state index in [1.54, 1.807) is 25.1 Å². The Hall–Kier alpha value is -1.65. The summed E-state index contributed by atoms with van der Waals surface area (Å²) in [4.78, 5) is 14.8. The first-order chi connectivity index (χ1) is 9.34. The molecular weight excluding hydrogens is 278 g/mol. The topological polar surface area (TPSA) is 72.8 Å². The smallest absolute Gasteiger partial charge is 0.235 e. The molecule has 5 nitrogen and oxygen atoms in total. The van der Waals surface area contributed by atoms with Gasteiger partial charge >= 0.3 is 0 Å². The molecule has 0 aromatic heterocycles. The molecule has 6 heteroatoms. The van der Waals surface area contributed by atoms with Crippen LogP contribution in [0.15, 0.2) is 22.0 Å². The molecule has 0 spiro atoms. The molecule has 2 rings (SSSR count). The Labute approximate surface area is 118 Å². The standard InChI is InChI=1S/C14H17NO4S/c1-10-7-13(20(3,17)18)11(8-12(10)19-2)14(15-9-16)5-4-6-14/h7-8H,4-6H2,1-3H3. The average Bonchev–Trinajstić information content (AvgIpc) is 2.32. The number of methoxy groups -OCH3 is 1. The van der Waals surface area contributed by atoms with Crippen molar-refractivity contribution < 1.29 is 17.9 Å². The number of aryl methyl sites for hydroxylation is 1. The third kappa shape index (κ3) is 2.37. The van der Waals surface area contributed by atoms with Crippen molar-refractivity contribution in [2.24, 2.45) is 4.99 Å². The molecule has 1 aromatic rings. The number of ether oxygens (including phenoxy) is 1. The van der Waals surface area contributed by atoms with E-state index in [2.05, 4.69) is 4.99 Å². The van der Waals surface area contributed by atoms with Crippen LogP contribution >= 0.6 is 0 Å². The fourth-order valence-electron chi connectivity index (χ4n) is 2.59. The number of sulfone groups is 1. The van der Waals surface area contributed by atoms with E-state index in [1.807, 2.05) is 0 Å². The molecule has 0 unspecified atom stereocenters. The van der Waals surface area contributed by atoms with Crippen LogP contribution in [-0.4, -0.2) is 27.9 Å². The zero-order valence-electron chi connectivity index (χ0n) is 11.8. The molecule has 0 radical (unpaired) electrons. The predicted molar refractivity (Wildman–Crippen MR) is 74.5 cm³/mol. The van der Waals surface area contributed by atoms with Gasteiger partial charge in [-0.2, -0.15) is 4.99 Å². The highest BCUT2D eigenvalue weighted by molar-refractivity contribution is 7.90. The lowest BCUT2D eigenvalue weighted by Gasteiger charge is -2.38. The summed E-state index contributed by atoms with van der Waals surface area (Å²) >= 11 is 0. The number of benzene rings is 1. The maximum atomic E-state index is 12.0. The van der Waals surface area contributed by atoms with Crippen molar-refractivity contribution in [2.45, 2.75) is 36.6 Å². The summed E-state index contributed by atoms with van der Waals surface area (Å²) in [5.74, 6) is 0.597. The van der Waals surface area contributed by atoms with E-state index in [0.29, 0.717) is 24.2 Å². The van der Waals surface area contributed by atoms with Crippen molar-refractivity contribution >= 4 is 15.9 Å². The quantitative estimate of drug-likeness (QED) is 0.630. The van der Waals surface area contributed by atoms with E-state index in [9.17, 15) is 13.2 Å². The lowest BCUT2D eigenvalue weighted by molar-refractivity contribution is 0.250. The van der Waals surface area contributed by atoms with Gasteiger partial charge in [-0.3, -0.25) is 0 Å². The Morgan fingerprint density at radius 3 is 2.40 bits per heavy atom. The molecule has 0 aliphatic heterocycles. The first kappa shape index (κ1) is 14.8. The van der Waals surface area contributed by atoms with E-state index < -0.39 is 15.4 Å². The zero-order valence-corrected chi connectivity index (χ0v) is 12.6. The van der Waals surface area contributed by atoms with Gasteiger partial charge in [-0.05, 0) is 43.9 Å². The molecule has 108 valence electrons. The van der Waals surface area contributed by atoms with Crippen LogP contribution in [0.5, 0.6) is 5.75 Å². The molecule has 0 saturated heterocycles. The van der Waals surface area contributed by atoms with E-state index in [0.717, 1.165) is 18.2 Å². The molecule has 20 heavy (non-hydrogen) atoms. The van der Waals surface area contributed by atoms with Crippen molar-refractivity contribution in [1.29, 1.82) is 0 Å². The summed E-state index contributed by atoms with van der Waals surface area (Å²) in [7, 11) is -1.87. The van der Waals surface area contributed by atoms with Gasteiger partial charge < -0.3 is 4.74 Å². The van der Waals surface area contributed by atoms with Crippen LogP contribution in [-0.2, 0) is 20.2 Å². The highest BCUT2D eigenvalue weighted by Gasteiger charge is 2.42. The van der Waals surface area contributed by atoms with Gasteiger partial charge in [-0.25, -0.2) is 13.2 Å². The number of nitrogens with zero attached hydrogens (tertiary/aromatic N) is 1. The zero-order chi connectivity index (χ0) is 15.0. The molecule has 1 saturated carbocycles. The van der Waals surface area contributed by atoms with Crippen molar-refractivity contribution in [3.05, 3.63) is 23.3 Å². The summed E-state index contributed by atoms with van der Waals surface area (Å²) in [6, 6.07) is 3.27. The molecule has 1 fully saturated rings. The summed E-state index contributed by atoms with van der Waals surface area (Å²) in [5.41, 5.74) is 0.513. The molecule has 0 bridgehead atoms. The summed E-state index contributed by atoms with van der Waals surface area (Å²) in [6.07, 6.45) is 4.95. The van der Waals surface area contributed by atoms with Crippen LogP contribution in [0.2, 0.25) is 0 Å². The molecular formula is C14H17NO4S. The number of hydrogen-bond donors (Lipinski definition) is 0. The Kier molecular flexibility index (Phi) is 3.71. The Balaban J connectivity index is 2.76. The van der Waals surface area contributed by atoms with Crippen molar-refractivity contribution in [2.75, 3.05) is 13.4 Å². The largest absolute Gasteiger partial charge is 0.496 e. The van der Waals surface area contributed by atoms with Crippen LogP contribution < -0.4 is 4.74 Å². The summed E-state index contributed by atoms with van der Waals surface area (Å²) in [5, 5.41) is 0. The lowest BCUT2D eigenvalue weighted by Crippen LogP contribution is -2.33. The number of hydrogen-bond acceptors (Lipinski definition) is 5. The molecule has 1 aromatic carbocycles. The SMILES string of the molecule is COc1cc(C2(N=C=O)CCC2)c(S(C)(=O)=O)cc1C. The van der Waals surface area contributed by atoms with Crippen molar-refractivity contribution in [1.82, 2.24) is 0 Å². The van der Waals surface area contributed by atoms with E-state index in [1.165, 1.54) is 7.11 Å². The minimum absolute atomic E-state index is 0.217. The van der Waals surface area contributed by atoms with E-state index in [4.69, 9.17) is 4.74 Å². The summed E-state index contributed by atoms with van der Waals surface area (Å²) in [6.45, 7) is 1.79. The molecule has 0 atom stereocenters. The predicted octanol–water partition coefficient (Wildman–Crippen LogP) is 2.12. The molecule has 0 N–H and O–H groups in total. The van der Waals surface area contributed by atoms with Gasteiger partial charge in [-0.15, -0.1) is 0 Å². The van der Waals surface area contributed by atoms with Crippen molar-refractivity contribution in [3.63, 3.8) is 0 Å². The van der Waals surface area contributed by atoms with Gasteiger partial charge in [0, 0.05) is 11.8 Å². The second-order valence-electron chi connectivity index (χ2n) is 5.18. The molecule has 1 aliphatic rings. The Bertz CT molecular complexity index is 683. The molecule has 0 heterocycles. The first-order valence-corrected chi connectivity index (χ1v) is 8.21. The van der Waals surface area contributed by atoms with E-state index in [-0.39, 0.29) is 4.90 Å². The first-order valence-electron chi connectivity index (χ1n) is 6.32. The minimum atomic E-state index is -3.40. The van der Waals surface area contributed by atoms with Crippen LogP contribution in [0.3, 0.4) is 0 Å². The van der Waals surface area contributed by atoms with Crippen LogP contribution in [0.4, 0.5) is 0 Å². The maximum Gasteiger partial charge on any atom is 0.235 e. The van der Waals surface area contributed by atoms with Gasteiger partial charge in [0.1, 0.15) is 5.75 Å². The van der Waals surface area contributed by atoms with Crippen LogP contribution in [0.25, 0.3) is 0 Å². The van der Waals surface area contributed by atoms with E-state index >= 15 is 0 Å². The second kappa shape index (κ2) is 5.04. The molecule has 0 amide bonds. The van der Waals surface area contributed by atoms with Crippen molar-refractivity contribution in [3.8, 4) is 5.75 Å². The highest BCUT2D eigenvalue weighted by atomic mass is 32.2. The molecule has 1 aliphatic carbocycles. The number of carbonyl (C=O) groups excluding carboxylic acids is 1. The lowest BCUT2D eigenvalue weighted by atomic mass is 9.72. The van der Waals surface area contributed by atoms with Gasteiger partial charge in [0.25, 0.3) is 0 Å². The van der Waals surface area contributed by atoms with Gasteiger partial charge in [-0.1, -0.05) is 0 Å². The number of isocyanates is 1. The third-order valence-electron chi connectivity index (χ3n) is 3.84. The normalized spacial score (nSPS) is 16.9. The highest BCUT2D eigenvalue weighted by Crippen LogP contribution is 2.48. The monoisotopic (exact) mass is 295 g/mol. The third-order valence-corrected chi connectivity index (χ3v) is 4.97. The number of aliphatic imine (C=N–C) groups is 1. The average molecular weight is 295 g/mol. The number of rotatable bonds is 4.